The molecule has 0 radical (unpaired) electrons. The third kappa shape index (κ3) is 1.94. The van der Waals surface area contributed by atoms with E-state index in [9.17, 15) is 0 Å². The van der Waals surface area contributed by atoms with Gasteiger partial charge in [-0.1, -0.05) is 0 Å². The summed E-state index contributed by atoms with van der Waals surface area (Å²) in [6, 6.07) is 3.84. The van der Waals surface area contributed by atoms with Gasteiger partial charge in [0.2, 0.25) is 0 Å². The van der Waals surface area contributed by atoms with Crippen LogP contribution in [0.3, 0.4) is 0 Å². The molecule has 84 valence electrons. The van der Waals surface area contributed by atoms with Crippen molar-refractivity contribution in [3.8, 4) is 5.82 Å². The largest absolute Gasteiger partial charge is 0.324 e. The van der Waals surface area contributed by atoms with Crippen LogP contribution in [-0.2, 0) is 0 Å². The van der Waals surface area contributed by atoms with Crippen LogP contribution < -0.4 is 5.73 Å². The minimum atomic E-state index is -0.00771. The average Bonchev–Trinajstić information content (AvgIpc) is 2.58. The molecule has 0 aliphatic carbocycles. The van der Waals surface area contributed by atoms with E-state index in [1.54, 1.807) is 10.9 Å². The Hall–Kier alpha value is -1.75. The van der Waals surface area contributed by atoms with Gasteiger partial charge in [-0.15, -0.1) is 5.10 Å². The fourth-order valence-corrected chi connectivity index (χ4v) is 1.57. The molecule has 0 aliphatic heterocycles. The monoisotopic (exact) mass is 217 g/mol. The third-order valence-electron chi connectivity index (χ3n) is 2.39. The van der Waals surface area contributed by atoms with Gasteiger partial charge in [-0.3, -0.25) is 0 Å². The first kappa shape index (κ1) is 10.8. The highest BCUT2D eigenvalue weighted by molar-refractivity contribution is 5.29. The molecule has 5 heteroatoms. The van der Waals surface area contributed by atoms with E-state index in [4.69, 9.17) is 5.73 Å². The van der Waals surface area contributed by atoms with E-state index in [2.05, 4.69) is 15.1 Å². The minimum absolute atomic E-state index is 0.00771. The Labute approximate surface area is 94.3 Å². The Morgan fingerprint density at radius 1 is 1.38 bits per heavy atom. The number of pyridine rings is 1. The zero-order valence-electron chi connectivity index (χ0n) is 9.68. The maximum Gasteiger partial charge on any atom is 0.155 e. The summed E-state index contributed by atoms with van der Waals surface area (Å²) in [7, 11) is 0. The van der Waals surface area contributed by atoms with E-state index in [0.717, 1.165) is 23.0 Å². The maximum atomic E-state index is 5.83. The van der Waals surface area contributed by atoms with Gasteiger partial charge in [0.05, 0.1) is 0 Å². The smallest absolute Gasteiger partial charge is 0.155 e. The van der Waals surface area contributed by atoms with Crippen molar-refractivity contribution in [1.29, 1.82) is 0 Å². The molecule has 2 aromatic rings. The Morgan fingerprint density at radius 2 is 2.12 bits per heavy atom. The number of hydrogen-bond donors (Lipinski definition) is 1. The lowest BCUT2D eigenvalue weighted by Gasteiger charge is -2.07. The summed E-state index contributed by atoms with van der Waals surface area (Å²) in [6.45, 7) is 5.71. The fourth-order valence-electron chi connectivity index (χ4n) is 1.57. The van der Waals surface area contributed by atoms with Crippen molar-refractivity contribution < 1.29 is 0 Å². The Balaban J connectivity index is 2.48. The van der Waals surface area contributed by atoms with E-state index >= 15 is 0 Å². The Bertz CT molecular complexity index is 501. The maximum absolute atomic E-state index is 5.83. The van der Waals surface area contributed by atoms with Gasteiger partial charge in [0.25, 0.3) is 0 Å². The number of nitrogens with two attached hydrogens (primary N) is 1. The van der Waals surface area contributed by atoms with Gasteiger partial charge in [-0.05, 0) is 38.5 Å². The molecule has 0 bridgehead atoms. The summed E-state index contributed by atoms with van der Waals surface area (Å²) >= 11 is 0. The molecule has 0 spiro atoms. The van der Waals surface area contributed by atoms with Crippen LogP contribution in [0.1, 0.15) is 30.2 Å². The van der Waals surface area contributed by atoms with Crippen LogP contribution in [-0.4, -0.2) is 19.7 Å². The van der Waals surface area contributed by atoms with Crippen molar-refractivity contribution in [1.82, 2.24) is 19.7 Å². The molecule has 0 saturated heterocycles. The zero-order chi connectivity index (χ0) is 11.7. The van der Waals surface area contributed by atoms with Gasteiger partial charge >= 0.3 is 0 Å². The summed E-state index contributed by atoms with van der Waals surface area (Å²) in [5.41, 5.74) is 6.87. The standard InChI is InChI=1S/C11H15N5/c1-7(12)10-4-5-13-11(6-10)16-9(3)14-8(2)15-16/h4-7H,12H2,1-3H3/t7-/m1/s1. The first-order chi connectivity index (χ1) is 7.58. The SMILES string of the molecule is Cc1nc(C)n(-c2cc([C@@H](C)N)ccn2)n1. The van der Waals surface area contributed by atoms with Crippen LogP contribution in [0.5, 0.6) is 0 Å². The molecule has 2 heterocycles. The molecule has 0 saturated carbocycles. The summed E-state index contributed by atoms with van der Waals surface area (Å²) in [4.78, 5) is 8.51. The topological polar surface area (TPSA) is 69.6 Å². The van der Waals surface area contributed by atoms with E-state index in [1.165, 1.54) is 0 Å². The lowest BCUT2D eigenvalue weighted by atomic mass is 10.1. The predicted molar refractivity (Wildman–Crippen MR) is 61.2 cm³/mol. The van der Waals surface area contributed by atoms with Crippen molar-refractivity contribution >= 4 is 0 Å². The van der Waals surface area contributed by atoms with E-state index in [-0.39, 0.29) is 6.04 Å². The van der Waals surface area contributed by atoms with Crippen LogP contribution in [0, 0.1) is 13.8 Å². The molecule has 1 atom stereocenters. The van der Waals surface area contributed by atoms with Crippen LogP contribution in [0.4, 0.5) is 0 Å². The molecular formula is C11H15N5. The zero-order valence-corrected chi connectivity index (χ0v) is 9.68. The number of rotatable bonds is 2. The highest BCUT2D eigenvalue weighted by atomic mass is 15.4. The van der Waals surface area contributed by atoms with Crippen molar-refractivity contribution in [3.05, 3.63) is 35.5 Å². The van der Waals surface area contributed by atoms with E-state index in [0.29, 0.717) is 0 Å². The molecular weight excluding hydrogens is 202 g/mol. The van der Waals surface area contributed by atoms with Gasteiger partial charge in [-0.25, -0.2) is 9.97 Å². The highest BCUT2D eigenvalue weighted by Gasteiger charge is 2.08. The minimum Gasteiger partial charge on any atom is -0.324 e. The van der Waals surface area contributed by atoms with Crippen LogP contribution in [0.15, 0.2) is 18.3 Å². The number of aromatic nitrogens is 4. The quantitative estimate of drug-likeness (QED) is 0.823. The van der Waals surface area contributed by atoms with Gasteiger partial charge in [-0.2, -0.15) is 4.68 Å². The van der Waals surface area contributed by atoms with E-state index < -0.39 is 0 Å². The molecule has 0 aliphatic rings. The second-order valence-corrected chi connectivity index (χ2v) is 3.85. The van der Waals surface area contributed by atoms with Crippen LogP contribution >= 0.6 is 0 Å². The number of nitrogens with zero attached hydrogens (tertiary/aromatic N) is 4. The van der Waals surface area contributed by atoms with Crippen molar-refractivity contribution in [2.45, 2.75) is 26.8 Å². The first-order valence-electron chi connectivity index (χ1n) is 5.20. The second kappa shape index (κ2) is 4.02. The second-order valence-electron chi connectivity index (χ2n) is 3.85. The summed E-state index contributed by atoms with van der Waals surface area (Å²) in [6.07, 6.45) is 1.74. The first-order valence-corrected chi connectivity index (χ1v) is 5.20. The lowest BCUT2D eigenvalue weighted by molar-refractivity contribution is 0.779. The third-order valence-corrected chi connectivity index (χ3v) is 2.39. The Morgan fingerprint density at radius 3 is 2.69 bits per heavy atom. The predicted octanol–water partition coefficient (Wildman–Crippen LogP) is 1.30. The highest BCUT2D eigenvalue weighted by Crippen LogP contribution is 2.13. The lowest BCUT2D eigenvalue weighted by Crippen LogP contribution is -2.08. The molecule has 5 nitrogen and oxygen atoms in total. The van der Waals surface area contributed by atoms with Crippen molar-refractivity contribution in [2.75, 3.05) is 0 Å². The number of aryl methyl sites for hydroxylation is 2. The Kier molecular flexibility index (Phi) is 2.70. The summed E-state index contributed by atoms with van der Waals surface area (Å²) < 4.78 is 1.72. The average molecular weight is 217 g/mol. The molecule has 16 heavy (non-hydrogen) atoms. The van der Waals surface area contributed by atoms with Crippen molar-refractivity contribution in [3.63, 3.8) is 0 Å². The molecule has 0 aromatic carbocycles. The van der Waals surface area contributed by atoms with Gasteiger partial charge in [0, 0.05) is 12.2 Å². The van der Waals surface area contributed by atoms with Crippen LogP contribution in [0.25, 0.3) is 5.82 Å². The van der Waals surface area contributed by atoms with Gasteiger partial charge < -0.3 is 5.73 Å². The van der Waals surface area contributed by atoms with Gasteiger partial charge in [0.1, 0.15) is 11.6 Å². The molecule has 2 N–H and O–H groups in total. The van der Waals surface area contributed by atoms with Crippen LogP contribution in [0.2, 0.25) is 0 Å². The molecule has 0 fully saturated rings. The van der Waals surface area contributed by atoms with Gasteiger partial charge in [0.15, 0.2) is 5.82 Å². The molecule has 0 amide bonds. The van der Waals surface area contributed by atoms with E-state index in [1.807, 2.05) is 32.9 Å². The summed E-state index contributed by atoms with van der Waals surface area (Å²) in [5.74, 6) is 2.32. The molecule has 2 rings (SSSR count). The fraction of sp³-hybridized carbons (Fsp3) is 0.364. The summed E-state index contributed by atoms with van der Waals surface area (Å²) in [5, 5.41) is 4.28. The number of hydrogen-bond acceptors (Lipinski definition) is 4. The molecule has 2 aromatic heterocycles. The normalized spacial score (nSPS) is 12.8. The van der Waals surface area contributed by atoms with Crippen molar-refractivity contribution in [2.24, 2.45) is 5.73 Å². The molecule has 0 unspecified atom stereocenters.